The summed E-state index contributed by atoms with van der Waals surface area (Å²) in [6.45, 7) is 1.97. The number of thioether (sulfide) groups is 1. The average molecular weight is 260 g/mol. The van der Waals surface area contributed by atoms with Gasteiger partial charge in [0.2, 0.25) is 0 Å². The molecule has 5 heteroatoms. The van der Waals surface area contributed by atoms with Gasteiger partial charge in [0, 0.05) is 10.6 Å². The van der Waals surface area contributed by atoms with Crippen LogP contribution in [0.1, 0.15) is 12.0 Å². The summed E-state index contributed by atoms with van der Waals surface area (Å²) in [7, 11) is 1.39. The minimum absolute atomic E-state index is 0.202. The number of esters is 1. The van der Waals surface area contributed by atoms with E-state index in [1.807, 2.05) is 19.1 Å². The van der Waals surface area contributed by atoms with Crippen LogP contribution in [0.3, 0.4) is 0 Å². The summed E-state index contributed by atoms with van der Waals surface area (Å²) in [6.07, 6.45) is 0.391. The smallest absolute Gasteiger partial charge is 0.306 e. The maximum absolute atomic E-state index is 10.9. The monoisotopic (exact) mass is 259 g/mol. The van der Waals surface area contributed by atoms with Gasteiger partial charge in [-0.3, -0.25) is 4.79 Å². The van der Waals surface area contributed by atoms with Crippen molar-refractivity contribution in [3.05, 3.63) is 22.7 Å². The van der Waals surface area contributed by atoms with Crippen molar-refractivity contribution in [1.29, 1.82) is 0 Å². The molecule has 1 aromatic carbocycles. The topological polar surface area (TPSA) is 52.3 Å². The fraction of sp³-hybridized carbons (Fsp3) is 0.364. The van der Waals surface area contributed by atoms with Crippen molar-refractivity contribution < 1.29 is 9.53 Å². The third kappa shape index (κ3) is 3.61. The van der Waals surface area contributed by atoms with Gasteiger partial charge in [-0.2, -0.15) is 0 Å². The van der Waals surface area contributed by atoms with E-state index >= 15 is 0 Å². The Kier molecular flexibility index (Phi) is 4.96. The first-order chi connectivity index (χ1) is 7.54. The fourth-order valence-electron chi connectivity index (χ4n) is 1.19. The van der Waals surface area contributed by atoms with Gasteiger partial charge in [-0.15, -0.1) is 11.8 Å². The molecule has 0 aliphatic rings. The highest BCUT2D eigenvalue weighted by Crippen LogP contribution is 2.30. The summed E-state index contributed by atoms with van der Waals surface area (Å²) in [5.74, 6) is 0.472. The third-order valence-corrected chi connectivity index (χ3v) is 3.57. The van der Waals surface area contributed by atoms with Crippen molar-refractivity contribution in [1.82, 2.24) is 0 Å². The Labute approximate surface area is 104 Å². The molecule has 3 nitrogen and oxygen atoms in total. The van der Waals surface area contributed by atoms with Crippen LogP contribution in [0.25, 0.3) is 0 Å². The van der Waals surface area contributed by atoms with E-state index < -0.39 is 0 Å². The van der Waals surface area contributed by atoms with Crippen LogP contribution in [0.15, 0.2) is 17.0 Å². The number of nitrogens with two attached hydrogens (primary N) is 1. The standard InChI is InChI=1S/C11H14ClNO2S/c1-7-5-9(13)8(12)6-10(7)16-4-3-11(14)15-2/h5-6H,3-4,13H2,1-2H3. The summed E-state index contributed by atoms with van der Waals surface area (Å²) in [6, 6.07) is 3.66. The van der Waals surface area contributed by atoms with Gasteiger partial charge in [0.05, 0.1) is 24.2 Å². The fourth-order valence-corrected chi connectivity index (χ4v) is 2.39. The van der Waals surface area contributed by atoms with Crippen molar-refractivity contribution in [3.8, 4) is 0 Å². The molecule has 1 rings (SSSR count). The molecule has 0 saturated heterocycles. The van der Waals surface area contributed by atoms with Crippen LogP contribution in [0.2, 0.25) is 5.02 Å². The number of methoxy groups -OCH3 is 1. The summed E-state index contributed by atoms with van der Waals surface area (Å²) < 4.78 is 4.56. The van der Waals surface area contributed by atoms with Gasteiger partial charge in [-0.1, -0.05) is 11.6 Å². The van der Waals surface area contributed by atoms with E-state index in [-0.39, 0.29) is 5.97 Å². The molecule has 0 atom stereocenters. The zero-order valence-electron chi connectivity index (χ0n) is 9.25. The van der Waals surface area contributed by atoms with Crippen molar-refractivity contribution in [2.45, 2.75) is 18.2 Å². The quantitative estimate of drug-likeness (QED) is 0.513. The molecule has 0 fully saturated rings. The Morgan fingerprint density at radius 3 is 2.88 bits per heavy atom. The number of hydrogen-bond donors (Lipinski definition) is 1. The molecule has 1 aromatic rings. The van der Waals surface area contributed by atoms with Crippen LogP contribution < -0.4 is 5.73 Å². The molecule has 0 spiro atoms. The highest BCUT2D eigenvalue weighted by molar-refractivity contribution is 7.99. The lowest BCUT2D eigenvalue weighted by Gasteiger charge is -2.07. The van der Waals surface area contributed by atoms with Crippen LogP contribution >= 0.6 is 23.4 Å². The van der Waals surface area contributed by atoms with Crippen molar-refractivity contribution in [2.24, 2.45) is 0 Å². The third-order valence-electron chi connectivity index (χ3n) is 2.09. The van der Waals surface area contributed by atoms with Gasteiger partial charge in [0.15, 0.2) is 0 Å². The predicted molar refractivity (Wildman–Crippen MR) is 68.0 cm³/mol. The minimum Gasteiger partial charge on any atom is -0.469 e. The number of carbonyl (C=O) groups excluding carboxylic acids is 1. The lowest BCUT2D eigenvalue weighted by Crippen LogP contribution is -2.01. The van der Waals surface area contributed by atoms with Crippen molar-refractivity contribution in [2.75, 3.05) is 18.6 Å². The van der Waals surface area contributed by atoms with E-state index in [0.717, 1.165) is 10.5 Å². The number of nitrogen functional groups attached to an aromatic ring is 1. The molecule has 0 radical (unpaired) electrons. The number of aryl methyl sites for hydroxylation is 1. The second-order valence-corrected chi connectivity index (χ2v) is 4.86. The Bertz CT molecular complexity index is 396. The van der Waals surface area contributed by atoms with Crippen molar-refractivity contribution in [3.63, 3.8) is 0 Å². The zero-order chi connectivity index (χ0) is 12.1. The molecule has 0 aromatic heterocycles. The van der Waals surface area contributed by atoms with E-state index in [1.54, 1.807) is 11.8 Å². The Balaban J connectivity index is 2.60. The predicted octanol–water partition coefficient (Wildman–Crippen LogP) is 2.89. The van der Waals surface area contributed by atoms with Crippen LogP contribution in [0.5, 0.6) is 0 Å². The maximum atomic E-state index is 10.9. The molecule has 2 N–H and O–H groups in total. The Morgan fingerprint density at radius 2 is 2.25 bits per heavy atom. The van der Waals surface area contributed by atoms with Crippen LogP contribution in [0, 0.1) is 6.92 Å². The highest BCUT2D eigenvalue weighted by atomic mass is 35.5. The number of hydrogen-bond acceptors (Lipinski definition) is 4. The molecule has 88 valence electrons. The first-order valence-electron chi connectivity index (χ1n) is 4.80. The number of carbonyl (C=O) groups is 1. The van der Waals surface area contributed by atoms with Gasteiger partial charge < -0.3 is 10.5 Å². The van der Waals surface area contributed by atoms with Crippen LogP contribution in [-0.4, -0.2) is 18.8 Å². The Hall–Kier alpha value is -0.870. The summed E-state index contributed by atoms with van der Waals surface area (Å²) in [5.41, 5.74) is 7.32. The first-order valence-corrected chi connectivity index (χ1v) is 6.16. The SMILES string of the molecule is COC(=O)CCSc1cc(Cl)c(N)cc1C. The number of anilines is 1. The lowest BCUT2D eigenvalue weighted by molar-refractivity contribution is -0.140. The molecule has 0 saturated carbocycles. The molecular weight excluding hydrogens is 246 g/mol. The van der Waals surface area contributed by atoms with Gasteiger partial charge in [0.1, 0.15) is 0 Å². The molecule has 0 bridgehead atoms. The molecule has 0 heterocycles. The van der Waals surface area contributed by atoms with Gasteiger partial charge in [-0.05, 0) is 24.6 Å². The van der Waals surface area contributed by atoms with E-state index in [2.05, 4.69) is 4.74 Å². The maximum Gasteiger partial charge on any atom is 0.306 e. The van der Waals surface area contributed by atoms with Crippen molar-refractivity contribution >= 4 is 35.0 Å². The molecular formula is C11H14ClNO2S. The number of halogens is 1. The normalized spacial score (nSPS) is 10.2. The second-order valence-electron chi connectivity index (χ2n) is 3.31. The lowest BCUT2D eigenvalue weighted by atomic mass is 10.2. The largest absolute Gasteiger partial charge is 0.469 e. The number of benzene rings is 1. The molecule has 16 heavy (non-hydrogen) atoms. The molecule has 0 aliphatic carbocycles. The van der Waals surface area contributed by atoms with Crippen LogP contribution in [0.4, 0.5) is 5.69 Å². The first kappa shape index (κ1) is 13.2. The van der Waals surface area contributed by atoms with Gasteiger partial charge in [-0.25, -0.2) is 0 Å². The minimum atomic E-state index is -0.202. The van der Waals surface area contributed by atoms with Gasteiger partial charge in [0.25, 0.3) is 0 Å². The number of rotatable bonds is 4. The average Bonchev–Trinajstić information content (AvgIpc) is 2.25. The Morgan fingerprint density at radius 1 is 1.56 bits per heavy atom. The van der Waals surface area contributed by atoms with Gasteiger partial charge >= 0.3 is 5.97 Å². The highest BCUT2D eigenvalue weighted by Gasteiger charge is 2.06. The molecule has 0 amide bonds. The van der Waals surface area contributed by atoms with E-state index in [1.165, 1.54) is 7.11 Å². The number of ether oxygens (including phenoxy) is 1. The van der Waals surface area contributed by atoms with E-state index in [4.69, 9.17) is 17.3 Å². The summed E-state index contributed by atoms with van der Waals surface area (Å²) in [4.78, 5) is 12.0. The molecule has 0 unspecified atom stereocenters. The van der Waals surface area contributed by atoms with E-state index in [9.17, 15) is 4.79 Å². The zero-order valence-corrected chi connectivity index (χ0v) is 10.8. The van der Waals surface area contributed by atoms with Crippen LogP contribution in [-0.2, 0) is 9.53 Å². The second kappa shape index (κ2) is 6.01. The summed E-state index contributed by atoms with van der Waals surface area (Å²) in [5, 5.41) is 0.547. The summed E-state index contributed by atoms with van der Waals surface area (Å²) >= 11 is 7.50. The van der Waals surface area contributed by atoms with E-state index in [0.29, 0.717) is 22.9 Å². The molecule has 0 aliphatic heterocycles.